The summed E-state index contributed by atoms with van der Waals surface area (Å²) in [6, 6.07) is 0.272. The van der Waals surface area contributed by atoms with E-state index in [-0.39, 0.29) is 67.6 Å². The summed E-state index contributed by atoms with van der Waals surface area (Å²) in [5.74, 6) is 1.78. The summed E-state index contributed by atoms with van der Waals surface area (Å²) >= 11 is 1.86. The highest BCUT2D eigenvalue weighted by Crippen LogP contribution is 2.45. The Morgan fingerprint density at radius 2 is 1.59 bits per heavy atom. The lowest BCUT2D eigenvalue weighted by atomic mass is 9.76. The van der Waals surface area contributed by atoms with Crippen LogP contribution in [0.4, 0.5) is 4.79 Å². The highest BCUT2D eigenvalue weighted by molar-refractivity contribution is 8.76. The summed E-state index contributed by atoms with van der Waals surface area (Å²) in [5, 5.41) is 43.0. The summed E-state index contributed by atoms with van der Waals surface area (Å²) in [5.41, 5.74) is 0.597. The average molecular weight is 887 g/mol. The highest BCUT2D eigenvalue weighted by atomic mass is 33.1. The Morgan fingerprint density at radius 1 is 0.847 bits per heavy atom. The minimum atomic E-state index is -0.889. The number of rotatable bonds is 31. The van der Waals surface area contributed by atoms with Crippen LogP contribution in [0.3, 0.4) is 0 Å². The van der Waals surface area contributed by atoms with Gasteiger partial charge >= 0.3 is 12.0 Å². The zero-order valence-corrected chi connectivity index (χ0v) is 37.5. The van der Waals surface area contributed by atoms with Crippen molar-refractivity contribution in [2.24, 2.45) is 0 Å². The van der Waals surface area contributed by atoms with Crippen molar-refractivity contribution in [1.29, 1.82) is 0 Å². The summed E-state index contributed by atoms with van der Waals surface area (Å²) in [6.07, 6.45) is 8.24. The predicted molar refractivity (Wildman–Crippen MR) is 235 cm³/mol. The molecule has 3 unspecified atom stereocenters. The number of aromatic hydroxyl groups is 2. The predicted octanol–water partition coefficient (Wildman–Crippen LogP) is 4.49. The van der Waals surface area contributed by atoms with E-state index in [0.717, 1.165) is 49.4 Å². The van der Waals surface area contributed by atoms with E-state index in [9.17, 15) is 29.4 Å². The fraction of sp³-hybridized carbons (Fsp3) is 0.707. The molecule has 0 radical (unpaired) electrons. The number of nitrogens with one attached hydrogen (secondary N) is 4. The number of hydrogen-bond acceptors (Lipinski definition) is 14. The number of urea groups is 1. The Kier molecular flexibility index (Phi) is 23.8. The molecule has 0 aliphatic carbocycles. The van der Waals surface area contributed by atoms with Crippen LogP contribution >= 0.6 is 33.3 Å². The quantitative estimate of drug-likeness (QED) is 0.0137. The molecule has 15 nitrogen and oxygen atoms in total. The van der Waals surface area contributed by atoms with Crippen LogP contribution in [0.2, 0.25) is 0 Å². The minimum absolute atomic E-state index is 0.0465. The number of fused-ring (bicyclic) bond motifs is 1. The first-order valence-electron chi connectivity index (χ1n) is 20.6. The fourth-order valence-electron chi connectivity index (χ4n) is 6.90. The normalized spacial score (nSPS) is 17.5. The van der Waals surface area contributed by atoms with Gasteiger partial charge in [-0.3, -0.25) is 14.4 Å². The second kappa shape index (κ2) is 27.9. The van der Waals surface area contributed by atoms with Gasteiger partial charge in [0.15, 0.2) is 0 Å². The van der Waals surface area contributed by atoms with Gasteiger partial charge in [-0.2, -0.15) is 11.8 Å². The van der Waals surface area contributed by atoms with E-state index in [2.05, 4.69) is 21.3 Å². The summed E-state index contributed by atoms with van der Waals surface area (Å²) in [6.45, 7) is 10.6. The Labute approximate surface area is 361 Å². The molecule has 0 bridgehead atoms. The van der Waals surface area contributed by atoms with E-state index < -0.39 is 11.4 Å². The van der Waals surface area contributed by atoms with Gasteiger partial charge in [-0.15, -0.1) is 0 Å². The molecule has 4 amide bonds. The molecule has 334 valence electrons. The van der Waals surface area contributed by atoms with Gasteiger partial charge in [0.25, 0.3) is 0 Å². The number of thioether (sulfide) groups is 1. The molecule has 18 heteroatoms. The smallest absolute Gasteiger partial charge is 0.315 e. The zero-order chi connectivity index (χ0) is 43.0. The molecule has 1 aromatic carbocycles. The number of aliphatic hydroxyl groups is 1. The average Bonchev–Trinajstić information content (AvgIpc) is 3.75. The van der Waals surface area contributed by atoms with E-state index in [1.54, 1.807) is 38.5 Å². The molecule has 2 heterocycles. The number of benzene rings is 1. The summed E-state index contributed by atoms with van der Waals surface area (Å²) < 4.78 is 21.8. The van der Waals surface area contributed by atoms with Crippen LogP contribution in [0.5, 0.6) is 11.5 Å². The lowest BCUT2D eigenvalue weighted by Crippen LogP contribution is -2.36. The molecule has 3 rings (SSSR count). The van der Waals surface area contributed by atoms with Crippen molar-refractivity contribution < 1.29 is 53.4 Å². The zero-order valence-electron chi connectivity index (χ0n) is 35.1. The number of phenolic OH excluding ortho intramolecular Hbond substituents is 2. The summed E-state index contributed by atoms with van der Waals surface area (Å²) in [7, 11) is 3.58. The standard InChI is InChI=1S/C41H66N4O11S3/c1-28-30(12-13-34(48)43-15-19-54-21-22-55-23-25-59-58-24-8-7-17-53-20-16-46)38(50)29(2)36(39(28)51)41(3,4)26-35(49)56-18-9-14-42-33(47)11-6-5-10-32-37-31(27-57-32)44-40(52)45-37/h12-13,31-32,37,46,50-51H,5-11,14-27H2,1-4H3,(H,42,47)(H,43,48)(H2,44,45,52). The number of amides is 4. The van der Waals surface area contributed by atoms with Crippen molar-refractivity contribution in [3.05, 3.63) is 28.3 Å². The van der Waals surface area contributed by atoms with Gasteiger partial charge in [0.2, 0.25) is 11.8 Å². The van der Waals surface area contributed by atoms with Crippen LogP contribution in [0.25, 0.3) is 6.08 Å². The van der Waals surface area contributed by atoms with Crippen LogP contribution in [-0.4, -0.2) is 140 Å². The molecule has 0 saturated carbocycles. The number of unbranched alkanes of at least 4 members (excludes halogenated alkanes) is 2. The Bertz CT molecular complexity index is 1490. The third kappa shape index (κ3) is 18.3. The number of phenols is 2. The molecule has 2 saturated heterocycles. The van der Waals surface area contributed by atoms with Gasteiger partial charge in [-0.25, -0.2) is 4.79 Å². The molecule has 2 aliphatic rings. The van der Waals surface area contributed by atoms with Crippen molar-refractivity contribution in [3.63, 3.8) is 0 Å². The van der Waals surface area contributed by atoms with Gasteiger partial charge in [0, 0.05) is 76.8 Å². The van der Waals surface area contributed by atoms with E-state index >= 15 is 0 Å². The SMILES string of the molecule is Cc1c(O)c(C(C)(C)CC(=O)OCCCNC(=O)CCCCC2SCC3NC(=O)NC32)c(C)c(O)c1C=CC(=O)NCCOCCOCCSSCCCCOCCO. The van der Waals surface area contributed by atoms with Crippen molar-refractivity contribution in [1.82, 2.24) is 21.3 Å². The van der Waals surface area contributed by atoms with Crippen LogP contribution in [0.15, 0.2) is 6.08 Å². The van der Waals surface area contributed by atoms with E-state index in [4.69, 9.17) is 24.1 Å². The van der Waals surface area contributed by atoms with Gasteiger partial charge in [-0.05, 0) is 57.6 Å². The van der Waals surface area contributed by atoms with Crippen molar-refractivity contribution >= 4 is 63.2 Å². The number of aliphatic hydroxyl groups excluding tert-OH is 1. The third-order valence-electron chi connectivity index (χ3n) is 9.95. The maximum atomic E-state index is 12.8. The van der Waals surface area contributed by atoms with Crippen molar-refractivity contribution in [2.75, 3.05) is 83.2 Å². The van der Waals surface area contributed by atoms with Gasteiger partial charge in [-0.1, -0.05) is 41.9 Å². The first kappa shape index (κ1) is 50.5. The maximum Gasteiger partial charge on any atom is 0.315 e. The number of carbonyl (C=O) groups is 4. The molecule has 1 aromatic rings. The Balaban J connectivity index is 1.27. The van der Waals surface area contributed by atoms with Gasteiger partial charge in [0.05, 0.1) is 64.8 Å². The largest absolute Gasteiger partial charge is 0.507 e. The topological polar surface area (TPSA) is 214 Å². The second-order valence-corrected chi connectivity index (χ2v) is 19.1. The minimum Gasteiger partial charge on any atom is -0.507 e. The fourth-order valence-corrected chi connectivity index (χ4v) is 10.5. The maximum absolute atomic E-state index is 12.8. The summed E-state index contributed by atoms with van der Waals surface area (Å²) in [4.78, 5) is 49.2. The molecular weight excluding hydrogens is 821 g/mol. The molecule has 3 atom stereocenters. The van der Waals surface area contributed by atoms with Crippen molar-refractivity contribution in [3.8, 4) is 11.5 Å². The molecular formula is C41H66N4O11S3. The van der Waals surface area contributed by atoms with Crippen LogP contribution in [0, 0.1) is 13.8 Å². The van der Waals surface area contributed by atoms with E-state index in [1.807, 2.05) is 22.6 Å². The number of esters is 1. The molecule has 59 heavy (non-hydrogen) atoms. The van der Waals surface area contributed by atoms with Gasteiger partial charge < -0.3 is 55.5 Å². The first-order chi connectivity index (χ1) is 28.4. The lowest BCUT2D eigenvalue weighted by Gasteiger charge is -2.29. The Morgan fingerprint density at radius 3 is 2.37 bits per heavy atom. The number of ether oxygens (including phenoxy) is 4. The van der Waals surface area contributed by atoms with Crippen LogP contribution in [-0.2, 0) is 38.7 Å². The lowest BCUT2D eigenvalue weighted by molar-refractivity contribution is -0.145. The van der Waals surface area contributed by atoms with Gasteiger partial charge in [0.1, 0.15) is 11.5 Å². The molecule has 2 fully saturated rings. The Hall–Kier alpha value is -2.87. The molecule has 2 aliphatic heterocycles. The molecule has 0 aromatic heterocycles. The van der Waals surface area contributed by atoms with Crippen molar-refractivity contribution in [2.45, 2.75) is 102 Å². The van der Waals surface area contributed by atoms with Crippen LogP contribution < -0.4 is 21.3 Å². The monoisotopic (exact) mass is 886 g/mol. The van der Waals surface area contributed by atoms with Crippen LogP contribution in [0.1, 0.15) is 87.5 Å². The van der Waals surface area contributed by atoms with E-state index in [0.29, 0.717) is 86.5 Å². The van der Waals surface area contributed by atoms with E-state index in [1.165, 1.54) is 12.2 Å². The third-order valence-corrected chi connectivity index (χ3v) is 13.9. The highest BCUT2D eigenvalue weighted by Gasteiger charge is 2.42. The number of carbonyl (C=O) groups excluding carboxylic acids is 4. The second-order valence-electron chi connectivity index (χ2n) is 15.1. The first-order valence-corrected chi connectivity index (χ1v) is 24.1. The number of hydrogen-bond donors (Lipinski definition) is 7. The molecule has 7 N–H and O–H groups in total. The molecule has 0 spiro atoms.